The molecule has 0 atom stereocenters. The van der Waals surface area contributed by atoms with E-state index in [1.54, 1.807) is 36.4 Å². The van der Waals surface area contributed by atoms with Gasteiger partial charge in [0.1, 0.15) is 0 Å². The van der Waals surface area contributed by atoms with Crippen molar-refractivity contribution in [3.8, 4) is 11.8 Å². The molecule has 0 heterocycles. The first-order valence-corrected chi connectivity index (χ1v) is 7.56. The number of ketones is 1. The third-order valence-corrected chi connectivity index (χ3v) is 3.59. The molecule has 5 heteroatoms. The van der Waals surface area contributed by atoms with E-state index in [1.165, 1.54) is 13.0 Å². The summed E-state index contributed by atoms with van der Waals surface area (Å²) in [6.07, 6.45) is 0. The van der Waals surface area contributed by atoms with Gasteiger partial charge in [0.15, 0.2) is 5.78 Å². The molecule has 0 radical (unpaired) electrons. The molecule has 0 bridgehead atoms. The number of carbonyl (C=O) groups excluding carboxylic acids is 2. The molecule has 23 heavy (non-hydrogen) atoms. The quantitative estimate of drug-likeness (QED) is 0.675. The van der Waals surface area contributed by atoms with Crippen LogP contribution in [0.1, 0.15) is 33.2 Å². The Morgan fingerprint density at radius 3 is 2.39 bits per heavy atom. The summed E-state index contributed by atoms with van der Waals surface area (Å²) in [5.74, 6) is 5.46. The van der Waals surface area contributed by atoms with Gasteiger partial charge in [0, 0.05) is 16.1 Å². The largest absolute Gasteiger partial charge is 0.341 e. The molecule has 0 saturated carbocycles. The summed E-state index contributed by atoms with van der Waals surface area (Å²) in [6, 6.07) is 11.7. The Bertz CT molecular complexity index is 802. The number of Topliss-reactive ketones (excluding diaryl/α,β-unsaturated/α-hetero) is 1. The summed E-state index contributed by atoms with van der Waals surface area (Å²) in [7, 11) is 0. The Labute approximate surface area is 144 Å². The zero-order valence-electron chi connectivity index (χ0n) is 12.3. The van der Waals surface area contributed by atoms with Gasteiger partial charge in [-0.3, -0.25) is 9.59 Å². The predicted octanol–water partition coefficient (Wildman–Crippen LogP) is 3.98. The molecule has 2 rings (SSSR count). The SMILES string of the molecule is CC(=O)c1ccc(C#CCNC(=O)c2ccc(Cl)cc2Cl)cc1. The molecular formula is C18H13Cl2NO2. The summed E-state index contributed by atoms with van der Waals surface area (Å²) in [5.41, 5.74) is 1.76. The molecule has 3 nitrogen and oxygen atoms in total. The molecule has 116 valence electrons. The lowest BCUT2D eigenvalue weighted by Crippen LogP contribution is -2.23. The molecule has 0 aliphatic rings. The first kappa shape index (κ1) is 17.1. The highest BCUT2D eigenvalue weighted by Gasteiger charge is 2.09. The minimum absolute atomic E-state index is 0.0108. The summed E-state index contributed by atoms with van der Waals surface area (Å²) in [4.78, 5) is 23.1. The van der Waals surface area contributed by atoms with Gasteiger partial charge in [-0.1, -0.05) is 47.2 Å². The lowest BCUT2D eigenvalue weighted by molar-refractivity contribution is 0.0957. The summed E-state index contributed by atoms with van der Waals surface area (Å²) in [6.45, 7) is 1.70. The zero-order chi connectivity index (χ0) is 16.8. The second-order valence-electron chi connectivity index (χ2n) is 4.74. The van der Waals surface area contributed by atoms with Gasteiger partial charge in [-0.25, -0.2) is 0 Å². The topological polar surface area (TPSA) is 46.2 Å². The highest BCUT2D eigenvalue weighted by Crippen LogP contribution is 2.20. The molecule has 0 aliphatic carbocycles. The van der Waals surface area contributed by atoms with Gasteiger partial charge in [0.05, 0.1) is 17.1 Å². The Balaban J connectivity index is 1.94. The molecule has 1 N–H and O–H groups in total. The van der Waals surface area contributed by atoms with E-state index in [0.717, 1.165) is 5.56 Å². The number of carbonyl (C=O) groups is 2. The van der Waals surface area contributed by atoms with Crippen LogP contribution in [-0.2, 0) is 0 Å². The maximum Gasteiger partial charge on any atom is 0.253 e. The fourth-order valence-electron chi connectivity index (χ4n) is 1.83. The summed E-state index contributed by atoms with van der Waals surface area (Å²) in [5, 5.41) is 3.43. The monoisotopic (exact) mass is 345 g/mol. The molecule has 2 aromatic rings. The molecule has 1 amide bonds. The second kappa shape index (κ2) is 7.82. The molecule has 0 fully saturated rings. The lowest BCUT2D eigenvalue weighted by atomic mass is 10.1. The molecular weight excluding hydrogens is 333 g/mol. The maximum absolute atomic E-state index is 12.0. The van der Waals surface area contributed by atoms with Crippen LogP contribution in [0.15, 0.2) is 42.5 Å². The number of halogens is 2. The van der Waals surface area contributed by atoms with Gasteiger partial charge >= 0.3 is 0 Å². The number of rotatable bonds is 3. The van der Waals surface area contributed by atoms with E-state index in [2.05, 4.69) is 17.2 Å². The average Bonchev–Trinajstić information content (AvgIpc) is 2.51. The van der Waals surface area contributed by atoms with Crippen molar-refractivity contribution in [2.45, 2.75) is 6.92 Å². The van der Waals surface area contributed by atoms with Gasteiger partial charge in [-0.05, 0) is 37.3 Å². The fraction of sp³-hybridized carbons (Fsp3) is 0.111. The number of benzene rings is 2. The molecule has 0 aromatic heterocycles. The Hall–Kier alpha value is -2.28. The van der Waals surface area contributed by atoms with Crippen LogP contribution >= 0.6 is 23.2 Å². The third-order valence-electron chi connectivity index (χ3n) is 3.04. The van der Waals surface area contributed by atoms with E-state index in [-0.39, 0.29) is 18.2 Å². The lowest BCUT2D eigenvalue weighted by Gasteiger charge is -2.04. The zero-order valence-corrected chi connectivity index (χ0v) is 13.8. The third kappa shape index (κ3) is 4.85. The standard InChI is InChI=1S/C18H13Cl2NO2/c1-12(22)14-6-4-13(5-7-14)3-2-10-21-18(23)16-9-8-15(19)11-17(16)20/h4-9,11H,10H2,1H3,(H,21,23). The van der Waals surface area contributed by atoms with Crippen LogP contribution in [0.4, 0.5) is 0 Å². The van der Waals surface area contributed by atoms with Crippen molar-refractivity contribution in [2.24, 2.45) is 0 Å². The molecule has 0 saturated heterocycles. The van der Waals surface area contributed by atoms with Crippen LogP contribution in [0.5, 0.6) is 0 Å². The minimum atomic E-state index is -0.312. The van der Waals surface area contributed by atoms with E-state index < -0.39 is 0 Å². The molecule has 2 aromatic carbocycles. The van der Waals surface area contributed by atoms with Gasteiger partial charge in [0.2, 0.25) is 0 Å². The van der Waals surface area contributed by atoms with E-state index >= 15 is 0 Å². The predicted molar refractivity (Wildman–Crippen MR) is 92.1 cm³/mol. The smallest absolute Gasteiger partial charge is 0.253 e. The van der Waals surface area contributed by atoms with Crippen molar-refractivity contribution in [3.05, 3.63) is 69.2 Å². The van der Waals surface area contributed by atoms with Crippen molar-refractivity contribution < 1.29 is 9.59 Å². The van der Waals surface area contributed by atoms with Gasteiger partial charge in [0.25, 0.3) is 5.91 Å². The Morgan fingerprint density at radius 1 is 1.09 bits per heavy atom. The van der Waals surface area contributed by atoms with E-state index in [9.17, 15) is 9.59 Å². The normalized spacial score (nSPS) is 9.70. The Kier molecular flexibility index (Phi) is 5.81. The first-order valence-electron chi connectivity index (χ1n) is 6.80. The maximum atomic E-state index is 12.0. The highest BCUT2D eigenvalue weighted by atomic mass is 35.5. The van der Waals surface area contributed by atoms with Crippen LogP contribution in [0.25, 0.3) is 0 Å². The number of amides is 1. The average molecular weight is 346 g/mol. The van der Waals surface area contributed by atoms with E-state index in [0.29, 0.717) is 21.2 Å². The second-order valence-corrected chi connectivity index (χ2v) is 5.59. The van der Waals surface area contributed by atoms with Crippen LogP contribution in [0, 0.1) is 11.8 Å². The number of hydrogen-bond acceptors (Lipinski definition) is 2. The summed E-state index contributed by atoms with van der Waals surface area (Å²) < 4.78 is 0. The van der Waals surface area contributed by atoms with Crippen molar-refractivity contribution >= 4 is 34.9 Å². The Morgan fingerprint density at radius 2 is 1.78 bits per heavy atom. The highest BCUT2D eigenvalue weighted by molar-refractivity contribution is 6.36. The molecule has 0 aliphatic heterocycles. The minimum Gasteiger partial charge on any atom is -0.341 e. The van der Waals surface area contributed by atoms with E-state index in [4.69, 9.17) is 23.2 Å². The van der Waals surface area contributed by atoms with Crippen LogP contribution in [-0.4, -0.2) is 18.2 Å². The van der Waals surface area contributed by atoms with Crippen LogP contribution in [0.3, 0.4) is 0 Å². The van der Waals surface area contributed by atoms with Crippen LogP contribution < -0.4 is 5.32 Å². The first-order chi connectivity index (χ1) is 11.0. The van der Waals surface area contributed by atoms with Crippen molar-refractivity contribution in [1.82, 2.24) is 5.32 Å². The fourth-order valence-corrected chi connectivity index (χ4v) is 2.32. The number of hydrogen-bond donors (Lipinski definition) is 1. The van der Waals surface area contributed by atoms with Gasteiger partial charge in [-0.15, -0.1) is 0 Å². The van der Waals surface area contributed by atoms with Crippen molar-refractivity contribution in [3.63, 3.8) is 0 Å². The van der Waals surface area contributed by atoms with Crippen molar-refractivity contribution in [2.75, 3.05) is 6.54 Å². The molecule has 0 unspecified atom stereocenters. The number of nitrogens with one attached hydrogen (secondary N) is 1. The summed E-state index contributed by atoms with van der Waals surface area (Å²) >= 11 is 11.8. The van der Waals surface area contributed by atoms with Crippen LogP contribution in [0.2, 0.25) is 10.0 Å². The van der Waals surface area contributed by atoms with Gasteiger partial charge in [-0.2, -0.15) is 0 Å². The van der Waals surface area contributed by atoms with Crippen molar-refractivity contribution in [1.29, 1.82) is 0 Å². The van der Waals surface area contributed by atoms with E-state index in [1.807, 2.05) is 0 Å². The molecule has 0 spiro atoms. The van der Waals surface area contributed by atoms with Gasteiger partial charge < -0.3 is 5.32 Å².